The average Bonchev–Trinajstić information content (AvgIpc) is 2.29. The van der Waals surface area contributed by atoms with Crippen LogP contribution in [0.15, 0.2) is 0 Å². The molecule has 19 heavy (non-hydrogen) atoms. The molecule has 0 atom stereocenters. The van der Waals surface area contributed by atoms with Crippen molar-refractivity contribution in [2.45, 2.75) is 50.9 Å². The predicted molar refractivity (Wildman–Crippen MR) is 65.8 cm³/mol. The van der Waals surface area contributed by atoms with Gasteiger partial charge < -0.3 is 5.32 Å². The summed E-state index contributed by atoms with van der Waals surface area (Å²) in [5.41, 5.74) is 0. The number of hydrogen-bond donors (Lipinski definition) is 3. The molecule has 9 heteroatoms. The number of alkyl halides is 3. The Morgan fingerprint density at radius 3 is 2.11 bits per heavy atom. The molecule has 0 amide bonds. The fraction of sp³-hybridized carbons (Fsp3) is 1.00. The Bertz CT molecular complexity index is 365. The van der Waals surface area contributed by atoms with Gasteiger partial charge in [0.25, 0.3) is 10.2 Å². The summed E-state index contributed by atoms with van der Waals surface area (Å²) in [4.78, 5) is 0. The second-order valence-corrected chi connectivity index (χ2v) is 6.20. The minimum Gasteiger partial charge on any atom is -0.314 e. The van der Waals surface area contributed by atoms with E-state index >= 15 is 0 Å². The van der Waals surface area contributed by atoms with Crippen LogP contribution in [0, 0.1) is 0 Å². The molecule has 0 aliphatic heterocycles. The van der Waals surface area contributed by atoms with Crippen molar-refractivity contribution in [3.63, 3.8) is 0 Å². The summed E-state index contributed by atoms with van der Waals surface area (Å²) in [6.45, 7) is 1.30. The molecule has 3 N–H and O–H groups in total. The topological polar surface area (TPSA) is 70.2 Å². The Morgan fingerprint density at radius 1 is 1.11 bits per heavy atom. The van der Waals surface area contributed by atoms with Gasteiger partial charge in [0.1, 0.15) is 6.54 Å². The van der Waals surface area contributed by atoms with Crippen LogP contribution >= 0.6 is 0 Å². The first-order valence-electron chi connectivity index (χ1n) is 6.29. The van der Waals surface area contributed by atoms with Gasteiger partial charge in [0.15, 0.2) is 0 Å². The largest absolute Gasteiger partial charge is 0.402 e. The third kappa shape index (κ3) is 7.09. The van der Waals surface area contributed by atoms with E-state index in [0.717, 1.165) is 19.4 Å². The first kappa shape index (κ1) is 16.7. The van der Waals surface area contributed by atoms with Gasteiger partial charge in [0.05, 0.1) is 0 Å². The fourth-order valence-electron chi connectivity index (χ4n) is 2.14. The molecule has 0 aromatic carbocycles. The van der Waals surface area contributed by atoms with E-state index in [1.165, 1.54) is 4.72 Å². The summed E-state index contributed by atoms with van der Waals surface area (Å²) in [6.07, 6.45) is -1.65. The monoisotopic (exact) mass is 303 g/mol. The third-order valence-corrected chi connectivity index (χ3v) is 4.17. The van der Waals surface area contributed by atoms with E-state index in [4.69, 9.17) is 0 Å². The normalized spacial score (nSPS) is 25.5. The Morgan fingerprint density at radius 2 is 1.63 bits per heavy atom. The lowest BCUT2D eigenvalue weighted by molar-refractivity contribution is -0.121. The van der Waals surface area contributed by atoms with E-state index in [-0.39, 0.29) is 6.04 Å². The minimum absolute atomic E-state index is 0.291. The van der Waals surface area contributed by atoms with Gasteiger partial charge in [-0.15, -0.1) is 0 Å². The van der Waals surface area contributed by atoms with Gasteiger partial charge in [-0.2, -0.15) is 31.0 Å². The Hall–Kier alpha value is -0.380. The lowest BCUT2D eigenvalue weighted by Crippen LogP contribution is -2.48. The number of nitrogens with one attached hydrogen (secondary N) is 3. The molecule has 1 saturated carbocycles. The van der Waals surface area contributed by atoms with Crippen LogP contribution in [-0.4, -0.2) is 39.8 Å². The van der Waals surface area contributed by atoms with Crippen molar-refractivity contribution in [1.29, 1.82) is 0 Å². The van der Waals surface area contributed by atoms with Crippen molar-refractivity contribution in [2.75, 3.05) is 13.1 Å². The third-order valence-electron chi connectivity index (χ3n) is 3.00. The van der Waals surface area contributed by atoms with Crippen molar-refractivity contribution in [2.24, 2.45) is 0 Å². The smallest absolute Gasteiger partial charge is 0.314 e. The molecule has 0 saturated heterocycles. The van der Waals surface area contributed by atoms with Gasteiger partial charge in [-0.3, -0.25) is 0 Å². The molecule has 0 unspecified atom stereocenters. The van der Waals surface area contributed by atoms with Gasteiger partial charge in [-0.1, -0.05) is 6.92 Å². The van der Waals surface area contributed by atoms with E-state index in [9.17, 15) is 21.6 Å². The fourth-order valence-corrected chi connectivity index (χ4v) is 3.25. The number of hydrogen-bond acceptors (Lipinski definition) is 3. The minimum atomic E-state index is -4.54. The van der Waals surface area contributed by atoms with Crippen LogP contribution in [0.2, 0.25) is 0 Å². The predicted octanol–water partition coefficient (Wildman–Crippen LogP) is 0.893. The second kappa shape index (κ2) is 6.87. The van der Waals surface area contributed by atoms with E-state index in [1.807, 2.05) is 6.92 Å². The van der Waals surface area contributed by atoms with E-state index in [0.29, 0.717) is 18.9 Å². The summed E-state index contributed by atoms with van der Waals surface area (Å²) in [6, 6.07) is 0.0783. The van der Waals surface area contributed by atoms with Crippen molar-refractivity contribution < 1.29 is 21.6 Å². The van der Waals surface area contributed by atoms with E-state index < -0.39 is 22.9 Å². The van der Waals surface area contributed by atoms with Gasteiger partial charge in [0, 0.05) is 12.1 Å². The molecule has 0 spiro atoms. The zero-order chi connectivity index (χ0) is 14.5. The van der Waals surface area contributed by atoms with Crippen LogP contribution in [-0.2, 0) is 10.2 Å². The van der Waals surface area contributed by atoms with Crippen LogP contribution in [0.1, 0.15) is 32.6 Å². The van der Waals surface area contributed by atoms with Gasteiger partial charge >= 0.3 is 6.18 Å². The molecule has 0 radical (unpaired) electrons. The quantitative estimate of drug-likeness (QED) is 0.682. The maximum absolute atomic E-state index is 11.9. The SMILES string of the molecule is CCNC1CCC(NS(=O)(=O)NCC(F)(F)F)CC1. The Balaban J connectivity index is 2.35. The molecular formula is C10H20F3N3O2S. The molecule has 0 heterocycles. The number of rotatable bonds is 6. The summed E-state index contributed by atoms with van der Waals surface area (Å²) >= 11 is 0. The molecule has 1 rings (SSSR count). The highest BCUT2D eigenvalue weighted by Crippen LogP contribution is 2.19. The molecule has 114 valence electrons. The molecule has 1 aliphatic carbocycles. The zero-order valence-corrected chi connectivity index (χ0v) is 11.6. The first-order chi connectivity index (χ1) is 8.72. The summed E-state index contributed by atoms with van der Waals surface area (Å²) in [5.74, 6) is 0. The molecule has 0 bridgehead atoms. The zero-order valence-electron chi connectivity index (χ0n) is 10.8. The van der Waals surface area contributed by atoms with Crippen LogP contribution in [0.25, 0.3) is 0 Å². The Labute approximate surface area is 111 Å². The molecule has 0 aromatic heterocycles. The molecule has 5 nitrogen and oxygen atoms in total. The van der Waals surface area contributed by atoms with Gasteiger partial charge in [-0.05, 0) is 32.2 Å². The van der Waals surface area contributed by atoms with Gasteiger partial charge in [-0.25, -0.2) is 0 Å². The standard InChI is InChI=1S/C10H20F3N3O2S/c1-2-14-8-3-5-9(6-4-8)16-19(17,18)15-7-10(11,12)13/h8-9,14-16H,2-7H2,1H3. The molecule has 0 aromatic rings. The summed E-state index contributed by atoms with van der Waals surface area (Å²) in [7, 11) is -4.08. The van der Waals surface area contributed by atoms with E-state index in [1.54, 1.807) is 0 Å². The summed E-state index contributed by atoms with van der Waals surface area (Å²) < 4.78 is 62.4. The van der Waals surface area contributed by atoms with Crippen molar-refractivity contribution in [1.82, 2.24) is 14.8 Å². The van der Waals surface area contributed by atoms with Crippen molar-refractivity contribution in [3.8, 4) is 0 Å². The van der Waals surface area contributed by atoms with Crippen molar-refractivity contribution >= 4 is 10.2 Å². The van der Waals surface area contributed by atoms with E-state index in [2.05, 4.69) is 10.0 Å². The van der Waals surface area contributed by atoms with Crippen molar-refractivity contribution in [3.05, 3.63) is 0 Å². The van der Waals surface area contributed by atoms with Crippen LogP contribution in [0.4, 0.5) is 13.2 Å². The molecule has 1 fully saturated rings. The Kier molecular flexibility index (Phi) is 6.03. The maximum atomic E-state index is 11.9. The van der Waals surface area contributed by atoms with Crippen LogP contribution in [0.3, 0.4) is 0 Å². The maximum Gasteiger partial charge on any atom is 0.402 e. The van der Waals surface area contributed by atoms with Crippen LogP contribution < -0.4 is 14.8 Å². The first-order valence-corrected chi connectivity index (χ1v) is 7.77. The summed E-state index contributed by atoms with van der Waals surface area (Å²) in [5, 5.41) is 3.27. The molecule has 1 aliphatic rings. The molecular weight excluding hydrogens is 283 g/mol. The average molecular weight is 303 g/mol. The second-order valence-electron chi connectivity index (χ2n) is 4.66. The highest BCUT2D eigenvalue weighted by Gasteiger charge is 2.31. The highest BCUT2D eigenvalue weighted by atomic mass is 32.2. The van der Waals surface area contributed by atoms with Gasteiger partial charge in [0.2, 0.25) is 0 Å². The van der Waals surface area contributed by atoms with Crippen LogP contribution in [0.5, 0.6) is 0 Å². The lowest BCUT2D eigenvalue weighted by atomic mass is 9.92. The number of halogens is 3. The highest BCUT2D eigenvalue weighted by molar-refractivity contribution is 7.87. The lowest BCUT2D eigenvalue weighted by Gasteiger charge is -2.29.